The van der Waals surface area contributed by atoms with Crippen molar-refractivity contribution < 1.29 is 14.3 Å². The zero-order chi connectivity index (χ0) is 18.8. The van der Waals surface area contributed by atoms with Crippen LogP contribution in [-0.2, 0) is 16.1 Å². The van der Waals surface area contributed by atoms with Gasteiger partial charge in [0.25, 0.3) is 0 Å². The van der Waals surface area contributed by atoms with Crippen LogP contribution < -0.4 is 0 Å². The first-order valence-corrected chi connectivity index (χ1v) is 9.31. The highest BCUT2D eigenvalue weighted by molar-refractivity contribution is 5.91. The van der Waals surface area contributed by atoms with Crippen molar-refractivity contribution >= 4 is 12.0 Å². The smallest absolute Gasteiger partial charge is 0.411 e. The van der Waals surface area contributed by atoms with Crippen molar-refractivity contribution in [3.05, 3.63) is 48.0 Å². The number of ether oxygens (including phenoxy) is 1. The van der Waals surface area contributed by atoms with Crippen LogP contribution in [0, 0.1) is 0 Å². The Bertz CT molecular complexity index is 693. The van der Waals surface area contributed by atoms with Crippen molar-refractivity contribution in [3.63, 3.8) is 0 Å². The molecule has 2 aliphatic heterocycles. The number of hydrogen-bond donors (Lipinski definition) is 0. The molecule has 2 amide bonds. The highest BCUT2D eigenvalue weighted by atomic mass is 16.6. The van der Waals surface area contributed by atoms with Crippen molar-refractivity contribution in [3.8, 4) is 0 Å². The minimum atomic E-state index is -0.815. The molecule has 1 aromatic rings. The van der Waals surface area contributed by atoms with Gasteiger partial charge in [0, 0.05) is 19.6 Å². The molecule has 1 aromatic carbocycles. The third kappa shape index (κ3) is 3.76. The average Bonchev–Trinajstić information content (AvgIpc) is 2.95. The molecule has 0 bridgehead atoms. The number of amides is 2. The van der Waals surface area contributed by atoms with Crippen LogP contribution in [0.5, 0.6) is 0 Å². The second-order valence-corrected chi connectivity index (χ2v) is 8.11. The maximum Gasteiger partial charge on any atom is 0.411 e. The van der Waals surface area contributed by atoms with E-state index >= 15 is 0 Å². The van der Waals surface area contributed by atoms with E-state index in [0.717, 1.165) is 12.0 Å². The predicted molar refractivity (Wildman–Crippen MR) is 101 cm³/mol. The van der Waals surface area contributed by atoms with Crippen molar-refractivity contribution in [2.45, 2.75) is 57.7 Å². The van der Waals surface area contributed by atoms with Gasteiger partial charge in [-0.3, -0.25) is 9.69 Å². The third-order valence-corrected chi connectivity index (χ3v) is 4.95. The second-order valence-electron chi connectivity index (χ2n) is 8.11. The Morgan fingerprint density at radius 1 is 1.19 bits per heavy atom. The van der Waals surface area contributed by atoms with Gasteiger partial charge in [-0.15, -0.1) is 0 Å². The van der Waals surface area contributed by atoms with Gasteiger partial charge in [-0.1, -0.05) is 42.5 Å². The van der Waals surface area contributed by atoms with E-state index in [9.17, 15) is 9.59 Å². The molecule has 0 aliphatic carbocycles. The minimum absolute atomic E-state index is 0.0229. The standard InChI is InChI=1S/C21H28N2O3/c1-20(2,3)26-19(25)23-15-9-13-21(23)12-7-8-14-22(18(21)24)16-17-10-5-4-6-11-17/h4-8,10-11H,9,12-16H2,1-3H3. The zero-order valence-corrected chi connectivity index (χ0v) is 15.9. The lowest BCUT2D eigenvalue weighted by atomic mass is 9.90. The normalized spacial score (nSPS) is 23.4. The molecule has 2 heterocycles. The molecule has 1 saturated heterocycles. The summed E-state index contributed by atoms with van der Waals surface area (Å²) in [5.41, 5.74) is -0.300. The summed E-state index contributed by atoms with van der Waals surface area (Å²) in [5.74, 6) is 0.0229. The molecule has 3 rings (SSSR count). The lowest BCUT2D eigenvalue weighted by molar-refractivity contribution is -0.142. The molecule has 0 N–H and O–H groups in total. The van der Waals surface area contributed by atoms with Gasteiger partial charge in [-0.25, -0.2) is 4.79 Å². The topological polar surface area (TPSA) is 49.9 Å². The molecule has 0 saturated carbocycles. The maximum atomic E-state index is 13.5. The number of likely N-dealkylation sites (tertiary alicyclic amines) is 1. The van der Waals surface area contributed by atoms with Crippen molar-refractivity contribution in [2.24, 2.45) is 0 Å². The van der Waals surface area contributed by atoms with Crippen LogP contribution in [0.4, 0.5) is 4.79 Å². The van der Waals surface area contributed by atoms with E-state index in [2.05, 4.69) is 0 Å². The van der Waals surface area contributed by atoms with Crippen LogP contribution in [0.3, 0.4) is 0 Å². The number of rotatable bonds is 2. The first-order valence-electron chi connectivity index (χ1n) is 9.31. The largest absolute Gasteiger partial charge is 0.444 e. The summed E-state index contributed by atoms with van der Waals surface area (Å²) < 4.78 is 5.58. The van der Waals surface area contributed by atoms with Crippen LogP contribution in [0.25, 0.3) is 0 Å². The van der Waals surface area contributed by atoms with Crippen LogP contribution in [0.15, 0.2) is 42.5 Å². The Kier molecular flexibility index (Phi) is 5.08. The number of carbonyl (C=O) groups excluding carboxylic acids is 2. The first-order chi connectivity index (χ1) is 12.3. The molecule has 1 unspecified atom stereocenters. The summed E-state index contributed by atoms with van der Waals surface area (Å²) in [4.78, 5) is 29.8. The Balaban J connectivity index is 1.85. The molecule has 140 valence electrons. The van der Waals surface area contributed by atoms with Gasteiger partial charge in [0.2, 0.25) is 5.91 Å². The van der Waals surface area contributed by atoms with Gasteiger partial charge in [0.15, 0.2) is 0 Å². The summed E-state index contributed by atoms with van der Waals surface area (Å²) >= 11 is 0. The molecular weight excluding hydrogens is 328 g/mol. The van der Waals surface area contributed by atoms with Crippen molar-refractivity contribution in [1.29, 1.82) is 0 Å². The summed E-state index contributed by atoms with van der Waals surface area (Å²) in [5, 5.41) is 0. The Morgan fingerprint density at radius 2 is 1.92 bits per heavy atom. The van der Waals surface area contributed by atoms with Gasteiger partial charge in [-0.2, -0.15) is 0 Å². The molecule has 1 fully saturated rings. The van der Waals surface area contributed by atoms with E-state index < -0.39 is 17.2 Å². The fraction of sp³-hybridized carbons (Fsp3) is 0.524. The van der Waals surface area contributed by atoms with Gasteiger partial charge in [-0.05, 0) is 45.6 Å². The van der Waals surface area contributed by atoms with Crippen LogP contribution in [0.1, 0.15) is 45.6 Å². The molecule has 1 atom stereocenters. The molecular formula is C21H28N2O3. The Morgan fingerprint density at radius 3 is 2.62 bits per heavy atom. The number of benzene rings is 1. The number of hydrogen-bond acceptors (Lipinski definition) is 3. The van der Waals surface area contributed by atoms with Crippen LogP contribution in [0.2, 0.25) is 0 Å². The first kappa shape index (κ1) is 18.5. The molecule has 5 heteroatoms. The van der Waals surface area contributed by atoms with Gasteiger partial charge >= 0.3 is 6.09 Å². The van der Waals surface area contributed by atoms with E-state index in [0.29, 0.717) is 32.5 Å². The molecule has 5 nitrogen and oxygen atoms in total. The second kappa shape index (κ2) is 7.14. The summed E-state index contributed by atoms with van der Waals surface area (Å²) in [6.07, 6.45) is 5.72. The van der Waals surface area contributed by atoms with Gasteiger partial charge in [0.05, 0.1) is 0 Å². The Hall–Kier alpha value is -2.30. The van der Waals surface area contributed by atoms with Crippen molar-refractivity contribution in [1.82, 2.24) is 9.80 Å². The lowest BCUT2D eigenvalue weighted by Gasteiger charge is -2.39. The summed E-state index contributed by atoms with van der Waals surface area (Å²) in [6.45, 7) is 7.23. The van der Waals surface area contributed by atoms with Crippen LogP contribution in [-0.4, -0.2) is 46.0 Å². The Labute approximate surface area is 155 Å². The van der Waals surface area contributed by atoms with E-state index in [1.54, 1.807) is 4.90 Å². The SMILES string of the molecule is CC(C)(C)OC(=O)N1CCCC12CC=CCN(Cc1ccccc1)C2=O. The van der Waals surface area contributed by atoms with E-state index in [4.69, 9.17) is 4.74 Å². The minimum Gasteiger partial charge on any atom is -0.444 e. The molecule has 2 aliphatic rings. The zero-order valence-electron chi connectivity index (χ0n) is 15.9. The van der Waals surface area contributed by atoms with E-state index in [-0.39, 0.29) is 5.91 Å². The lowest BCUT2D eigenvalue weighted by Crippen LogP contribution is -2.58. The van der Waals surface area contributed by atoms with Gasteiger partial charge < -0.3 is 9.64 Å². The quantitative estimate of drug-likeness (QED) is 0.759. The fourth-order valence-corrected chi connectivity index (χ4v) is 3.78. The fourth-order valence-electron chi connectivity index (χ4n) is 3.78. The predicted octanol–water partition coefficient (Wildman–Crippen LogP) is 3.74. The maximum absolute atomic E-state index is 13.5. The summed E-state index contributed by atoms with van der Waals surface area (Å²) in [7, 11) is 0. The molecule has 26 heavy (non-hydrogen) atoms. The third-order valence-electron chi connectivity index (χ3n) is 4.95. The number of carbonyl (C=O) groups is 2. The van der Waals surface area contributed by atoms with Crippen molar-refractivity contribution in [2.75, 3.05) is 13.1 Å². The number of nitrogens with zero attached hydrogens (tertiary/aromatic N) is 2. The summed E-state index contributed by atoms with van der Waals surface area (Å²) in [6, 6.07) is 9.97. The molecule has 0 radical (unpaired) electrons. The highest BCUT2D eigenvalue weighted by Crippen LogP contribution is 2.37. The highest BCUT2D eigenvalue weighted by Gasteiger charge is 2.52. The average molecular weight is 356 g/mol. The molecule has 1 spiro atoms. The monoisotopic (exact) mass is 356 g/mol. The van der Waals surface area contributed by atoms with Gasteiger partial charge in [0.1, 0.15) is 11.1 Å². The van der Waals surface area contributed by atoms with Crippen LogP contribution >= 0.6 is 0 Å². The van der Waals surface area contributed by atoms with E-state index in [1.165, 1.54) is 0 Å². The molecule has 0 aromatic heterocycles. The van der Waals surface area contributed by atoms with E-state index in [1.807, 2.05) is 68.2 Å².